The van der Waals surface area contributed by atoms with Crippen LogP contribution in [0.15, 0.2) is 0 Å². The van der Waals surface area contributed by atoms with Crippen molar-refractivity contribution in [2.45, 2.75) is 129 Å². The minimum Gasteiger partial charge on any atom is -0.198 e. The Morgan fingerprint density at radius 2 is 1.31 bits per heavy atom. The third kappa shape index (κ3) is 6.90. The van der Waals surface area contributed by atoms with E-state index in [2.05, 4.69) is 19.9 Å². The summed E-state index contributed by atoms with van der Waals surface area (Å²) in [4.78, 5) is 0. The fraction of sp³-hybridized carbons (Fsp3) is 0.960. The summed E-state index contributed by atoms with van der Waals surface area (Å²) in [6.45, 7) is 4.57. The van der Waals surface area contributed by atoms with Crippen LogP contribution in [0.3, 0.4) is 0 Å². The van der Waals surface area contributed by atoms with Gasteiger partial charge in [0.2, 0.25) is 0 Å². The minimum absolute atomic E-state index is 0.0430. The molecule has 0 bridgehead atoms. The molecule has 0 heterocycles. The fourth-order valence-electron chi connectivity index (χ4n) is 5.78. The average molecular weight is 360 g/mol. The van der Waals surface area contributed by atoms with Crippen LogP contribution in [0.25, 0.3) is 0 Å². The van der Waals surface area contributed by atoms with Crippen molar-refractivity contribution in [3.8, 4) is 6.07 Å². The second-order valence-electron chi connectivity index (χ2n) is 9.67. The first-order chi connectivity index (χ1) is 12.7. The van der Waals surface area contributed by atoms with E-state index >= 15 is 0 Å². The zero-order valence-corrected chi connectivity index (χ0v) is 17.9. The number of nitrogens with zero attached hydrogens (tertiary/aromatic N) is 1. The predicted molar refractivity (Wildman–Crippen MR) is 113 cm³/mol. The Balaban J connectivity index is 1.64. The zero-order valence-electron chi connectivity index (χ0n) is 17.9. The summed E-state index contributed by atoms with van der Waals surface area (Å²) in [5.74, 6) is 2.95. The van der Waals surface area contributed by atoms with Gasteiger partial charge in [-0.05, 0) is 62.7 Å². The maximum absolute atomic E-state index is 9.76. The third-order valence-electron chi connectivity index (χ3n) is 7.76. The van der Waals surface area contributed by atoms with E-state index in [1.807, 2.05) is 0 Å². The molecule has 1 nitrogen and oxygen atoms in total. The third-order valence-corrected chi connectivity index (χ3v) is 7.76. The van der Waals surface area contributed by atoms with E-state index in [0.717, 1.165) is 24.2 Å². The summed E-state index contributed by atoms with van der Waals surface area (Å²) in [7, 11) is 0. The van der Waals surface area contributed by atoms with Crippen molar-refractivity contribution in [2.24, 2.45) is 23.2 Å². The van der Waals surface area contributed by atoms with Crippen LogP contribution in [0, 0.1) is 34.5 Å². The number of rotatable bonds is 11. The molecule has 1 heteroatoms. The molecule has 2 saturated carbocycles. The molecule has 2 rings (SSSR count). The highest BCUT2D eigenvalue weighted by Crippen LogP contribution is 2.47. The number of hydrogen-bond acceptors (Lipinski definition) is 1. The molecule has 0 aliphatic heterocycles. The lowest BCUT2D eigenvalue weighted by atomic mass is 9.63. The van der Waals surface area contributed by atoms with E-state index in [0.29, 0.717) is 0 Å². The Kier molecular flexibility index (Phi) is 10.1. The van der Waals surface area contributed by atoms with Crippen molar-refractivity contribution in [3.63, 3.8) is 0 Å². The van der Waals surface area contributed by atoms with Crippen molar-refractivity contribution in [3.05, 3.63) is 0 Å². The van der Waals surface area contributed by atoms with Gasteiger partial charge in [0.25, 0.3) is 0 Å². The zero-order chi connectivity index (χ0) is 18.7. The topological polar surface area (TPSA) is 23.8 Å². The molecule has 0 atom stereocenters. The lowest BCUT2D eigenvalue weighted by Crippen LogP contribution is -2.31. The first-order valence-corrected chi connectivity index (χ1v) is 12.1. The van der Waals surface area contributed by atoms with Crippen LogP contribution in [0.2, 0.25) is 0 Å². The van der Waals surface area contributed by atoms with Crippen molar-refractivity contribution >= 4 is 0 Å². The molecule has 2 aliphatic carbocycles. The van der Waals surface area contributed by atoms with Crippen LogP contribution in [0.4, 0.5) is 0 Å². The normalized spacial score (nSPS) is 32.3. The van der Waals surface area contributed by atoms with Gasteiger partial charge in [0.05, 0.1) is 11.5 Å². The maximum atomic E-state index is 9.76. The van der Waals surface area contributed by atoms with Crippen molar-refractivity contribution < 1.29 is 0 Å². The first-order valence-electron chi connectivity index (χ1n) is 12.1. The number of nitriles is 1. The van der Waals surface area contributed by atoms with Gasteiger partial charge in [0, 0.05) is 0 Å². The molecule has 0 saturated heterocycles. The summed E-state index contributed by atoms with van der Waals surface area (Å²) < 4.78 is 0. The van der Waals surface area contributed by atoms with Crippen molar-refractivity contribution in [1.29, 1.82) is 5.26 Å². The Morgan fingerprint density at radius 1 is 0.731 bits per heavy atom. The van der Waals surface area contributed by atoms with Gasteiger partial charge in [-0.2, -0.15) is 5.26 Å². The van der Waals surface area contributed by atoms with Crippen LogP contribution >= 0.6 is 0 Å². The molecule has 0 N–H and O–H groups in total. The van der Waals surface area contributed by atoms with Gasteiger partial charge in [-0.25, -0.2) is 0 Å². The molecule has 0 aromatic heterocycles. The number of unbranched alkanes of at least 4 members (excludes halogenated alkanes) is 6. The fourth-order valence-corrected chi connectivity index (χ4v) is 5.78. The van der Waals surface area contributed by atoms with Gasteiger partial charge in [0.1, 0.15) is 0 Å². The van der Waals surface area contributed by atoms with E-state index in [1.165, 1.54) is 109 Å². The standard InChI is InChI=1S/C25H45N/c1-3-5-7-8-9-11-22-12-14-23(15-13-22)24-16-19-25(21-26,20-17-24)18-10-6-4-2/h22-24H,3-20H2,1-2H3. The van der Waals surface area contributed by atoms with E-state index in [-0.39, 0.29) is 5.41 Å². The molecule has 0 amide bonds. The molecule has 0 unspecified atom stereocenters. The van der Waals surface area contributed by atoms with Crippen molar-refractivity contribution in [1.82, 2.24) is 0 Å². The van der Waals surface area contributed by atoms with Gasteiger partial charge in [-0.1, -0.05) is 84.5 Å². The summed E-state index contributed by atoms with van der Waals surface area (Å²) in [6.07, 6.45) is 24.7. The Bertz CT molecular complexity index is 391. The van der Waals surface area contributed by atoms with Crippen LogP contribution in [-0.2, 0) is 0 Å². The van der Waals surface area contributed by atoms with Gasteiger partial charge in [-0.15, -0.1) is 0 Å². The highest BCUT2D eigenvalue weighted by Gasteiger charge is 2.38. The van der Waals surface area contributed by atoms with Gasteiger partial charge < -0.3 is 0 Å². The SMILES string of the molecule is CCCCCCCC1CCC(C2CCC(C#N)(CCCCC)CC2)CC1. The monoisotopic (exact) mass is 359 g/mol. The minimum atomic E-state index is 0.0430. The van der Waals surface area contributed by atoms with Crippen molar-refractivity contribution in [2.75, 3.05) is 0 Å². The van der Waals surface area contributed by atoms with Crippen LogP contribution < -0.4 is 0 Å². The van der Waals surface area contributed by atoms with Crippen LogP contribution in [0.1, 0.15) is 129 Å². The molecule has 2 aliphatic rings. The average Bonchev–Trinajstić information content (AvgIpc) is 2.69. The molecule has 150 valence electrons. The molecule has 2 fully saturated rings. The largest absolute Gasteiger partial charge is 0.198 e. The quantitative estimate of drug-likeness (QED) is 0.339. The Labute approximate surface area is 164 Å². The summed E-state index contributed by atoms with van der Waals surface area (Å²) in [5.41, 5.74) is 0.0430. The molecule has 26 heavy (non-hydrogen) atoms. The highest BCUT2D eigenvalue weighted by molar-refractivity contribution is 5.02. The smallest absolute Gasteiger partial charge is 0.0689 e. The lowest BCUT2D eigenvalue weighted by molar-refractivity contribution is 0.114. The van der Waals surface area contributed by atoms with E-state index in [9.17, 15) is 5.26 Å². The summed E-state index contributed by atoms with van der Waals surface area (Å²) in [6, 6.07) is 2.74. The molecular formula is C25H45N. The second-order valence-corrected chi connectivity index (χ2v) is 9.67. The predicted octanol–water partition coefficient (Wildman–Crippen LogP) is 8.43. The Morgan fingerprint density at radius 3 is 1.92 bits per heavy atom. The van der Waals surface area contributed by atoms with Crippen LogP contribution in [-0.4, -0.2) is 0 Å². The van der Waals surface area contributed by atoms with E-state index in [4.69, 9.17) is 0 Å². The summed E-state index contributed by atoms with van der Waals surface area (Å²) >= 11 is 0. The summed E-state index contributed by atoms with van der Waals surface area (Å²) in [5, 5.41) is 9.76. The molecule has 0 spiro atoms. The van der Waals surface area contributed by atoms with E-state index in [1.54, 1.807) is 0 Å². The molecular weight excluding hydrogens is 314 g/mol. The molecule has 0 radical (unpaired) electrons. The molecule has 0 aromatic carbocycles. The second kappa shape index (κ2) is 12.0. The van der Waals surface area contributed by atoms with E-state index < -0.39 is 0 Å². The van der Waals surface area contributed by atoms with Crippen LogP contribution in [0.5, 0.6) is 0 Å². The molecule has 0 aromatic rings. The van der Waals surface area contributed by atoms with Gasteiger partial charge >= 0.3 is 0 Å². The van der Waals surface area contributed by atoms with Gasteiger partial charge in [-0.3, -0.25) is 0 Å². The lowest BCUT2D eigenvalue weighted by Gasteiger charge is -2.41. The number of hydrogen-bond donors (Lipinski definition) is 0. The highest BCUT2D eigenvalue weighted by atomic mass is 14.4. The van der Waals surface area contributed by atoms with Gasteiger partial charge in [0.15, 0.2) is 0 Å². The Hall–Kier alpha value is -0.510. The maximum Gasteiger partial charge on any atom is 0.0689 e. The first kappa shape index (κ1) is 21.8.